The molecule has 0 spiro atoms. The molecule has 7 nitrogen and oxygen atoms in total. The number of amides is 1. The number of nitrogens with one attached hydrogen (secondary N) is 2. The second kappa shape index (κ2) is 8.36. The average Bonchev–Trinajstić information content (AvgIpc) is 3.38. The first kappa shape index (κ1) is 19.0. The van der Waals surface area contributed by atoms with Gasteiger partial charge in [-0.3, -0.25) is 9.69 Å². The Labute approximate surface area is 169 Å². The van der Waals surface area contributed by atoms with Crippen molar-refractivity contribution in [1.82, 2.24) is 15.2 Å². The molecule has 0 unspecified atom stereocenters. The zero-order valence-electron chi connectivity index (χ0n) is 16.4. The number of aromatic amines is 1. The van der Waals surface area contributed by atoms with Gasteiger partial charge in [-0.1, -0.05) is 24.3 Å². The molecule has 0 atom stereocenters. The standard InChI is InChI=1S/C22H25N5O2/c1-24-22(23)26-21(28)18-13-16-7-5-9-19(20(16)25-18)29-17-8-4-6-15(12-17)14-27-10-2-3-11-27/h4-9,12-13,25H,2-3,10-11,14H2,1H3,(H3,23,24,26,28). The molecule has 1 saturated heterocycles. The normalized spacial score (nSPS) is 15.0. The van der Waals surface area contributed by atoms with Crippen molar-refractivity contribution in [2.75, 3.05) is 20.1 Å². The van der Waals surface area contributed by atoms with E-state index >= 15 is 0 Å². The molecule has 2 aromatic carbocycles. The van der Waals surface area contributed by atoms with Gasteiger partial charge in [0.05, 0.1) is 5.52 Å². The molecule has 0 aliphatic carbocycles. The van der Waals surface area contributed by atoms with Crippen molar-refractivity contribution in [2.45, 2.75) is 19.4 Å². The fraction of sp³-hybridized carbons (Fsp3) is 0.273. The Morgan fingerprint density at radius 3 is 2.79 bits per heavy atom. The number of benzene rings is 2. The Bertz CT molecular complexity index is 1050. The number of hydrogen-bond acceptors (Lipinski definition) is 3. The largest absolute Gasteiger partial charge is 0.455 e. The minimum atomic E-state index is -0.438. The highest BCUT2D eigenvalue weighted by Crippen LogP contribution is 2.30. The molecule has 2 heterocycles. The van der Waals surface area contributed by atoms with Crippen LogP contribution in [0.2, 0.25) is 0 Å². The maximum atomic E-state index is 12.3. The fourth-order valence-electron chi connectivity index (χ4n) is 3.59. The van der Waals surface area contributed by atoms with Crippen LogP contribution >= 0.6 is 0 Å². The number of carbonyl (C=O) groups is 1. The van der Waals surface area contributed by atoms with Crippen LogP contribution < -0.4 is 15.8 Å². The summed E-state index contributed by atoms with van der Waals surface area (Å²) in [7, 11) is 1.61. The van der Waals surface area contributed by atoms with Crippen LogP contribution in [0.5, 0.6) is 11.5 Å². The highest BCUT2D eigenvalue weighted by Gasteiger charge is 2.14. The van der Waals surface area contributed by atoms with Gasteiger partial charge in [0, 0.05) is 19.0 Å². The van der Waals surface area contributed by atoms with Crippen LogP contribution in [0.25, 0.3) is 10.9 Å². The lowest BCUT2D eigenvalue weighted by molar-refractivity contribution is 0.0998. The molecule has 0 saturated carbocycles. The fourth-order valence-corrected chi connectivity index (χ4v) is 3.59. The van der Waals surface area contributed by atoms with Crippen LogP contribution in [-0.4, -0.2) is 41.9 Å². The summed E-state index contributed by atoms with van der Waals surface area (Å²) < 4.78 is 6.16. The molecule has 3 aromatic rings. The molecule has 29 heavy (non-hydrogen) atoms. The molecular weight excluding hydrogens is 366 g/mol. The monoisotopic (exact) mass is 391 g/mol. The lowest BCUT2D eigenvalue weighted by Gasteiger charge is -2.15. The molecule has 1 aliphatic heterocycles. The Hall–Kier alpha value is -3.32. The number of nitrogens with zero attached hydrogens (tertiary/aromatic N) is 2. The van der Waals surface area contributed by atoms with Gasteiger partial charge in [0.15, 0.2) is 11.7 Å². The summed E-state index contributed by atoms with van der Waals surface area (Å²) in [4.78, 5) is 21.7. The van der Waals surface area contributed by atoms with Crippen LogP contribution in [0.3, 0.4) is 0 Å². The van der Waals surface area contributed by atoms with Gasteiger partial charge in [0.2, 0.25) is 0 Å². The first-order valence-electron chi connectivity index (χ1n) is 9.79. The Balaban J connectivity index is 1.57. The molecule has 0 radical (unpaired) electrons. The number of fused-ring (bicyclic) bond motifs is 1. The molecule has 1 fully saturated rings. The number of hydrogen-bond donors (Lipinski definition) is 3. The van der Waals surface area contributed by atoms with Crippen LogP contribution in [0.15, 0.2) is 53.5 Å². The van der Waals surface area contributed by atoms with Crippen molar-refractivity contribution in [3.8, 4) is 11.5 Å². The van der Waals surface area contributed by atoms with Crippen LogP contribution in [0.4, 0.5) is 0 Å². The van der Waals surface area contributed by atoms with Crippen molar-refractivity contribution in [2.24, 2.45) is 10.7 Å². The Morgan fingerprint density at radius 1 is 1.21 bits per heavy atom. The van der Waals surface area contributed by atoms with Gasteiger partial charge in [0.1, 0.15) is 11.4 Å². The lowest BCUT2D eigenvalue weighted by Crippen LogP contribution is -2.28. The van der Waals surface area contributed by atoms with Gasteiger partial charge in [0.25, 0.3) is 5.91 Å². The molecule has 1 amide bonds. The number of nitrogens with two attached hydrogens (primary N) is 1. The predicted octanol–water partition coefficient (Wildman–Crippen LogP) is 3.23. The van der Waals surface area contributed by atoms with Gasteiger partial charge >= 0.3 is 0 Å². The number of H-pyrrole nitrogens is 1. The zero-order valence-corrected chi connectivity index (χ0v) is 16.4. The summed E-state index contributed by atoms with van der Waals surface area (Å²) >= 11 is 0. The third kappa shape index (κ3) is 4.41. The summed E-state index contributed by atoms with van der Waals surface area (Å²) in [5, 5.41) is 3.51. The van der Waals surface area contributed by atoms with E-state index in [2.05, 4.69) is 32.3 Å². The molecule has 1 aromatic heterocycles. The van der Waals surface area contributed by atoms with E-state index in [1.165, 1.54) is 18.4 Å². The van der Waals surface area contributed by atoms with Gasteiger partial charge in [-0.2, -0.15) is 4.99 Å². The summed E-state index contributed by atoms with van der Waals surface area (Å²) in [6.07, 6.45) is 2.55. The summed E-state index contributed by atoms with van der Waals surface area (Å²) in [6, 6.07) is 15.6. The molecule has 4 N–H and O–H groups in total. The smallest absolute Gasteiger partial charge is 0.296 e. The average molecular weight is 391 g/mol. The number of ether oxygens (including phenoxy) is 1. The van der Waals surface area contributed by atoms with E-state index < -0.39 is 5.91 Å². The van der Waals surface area contributed by atoms with Crippen LogP contribution in [-0.2, 0) is 6.54 Å². The number of carbonyl (C=O) groups excluding carboxylic acids is 1. The third-order valence-corrected chi connectivity index (χ3v) is 5.06. The van der Waals surface area contributed by atoms with E-state index in [9.17, 15) is 4.79 Å². The molecule has 4 rings (SSSR count). The van der Waals surface area contributed by atoms with Crippen molar-refractivity contribution in [1.29, 1.82) is 0 Å². The number of rotatable bonds is 5. The second-order valence-corrected chi connectivity index (χ2v) is 7.19. The van der Waals surface area contributed by atoms with Crippen LogP contribution in [0.1, 0.15) is 28.9 Å². The van der Waals surface area contributed by atoms with Crippen molar-refractivity contribution < 1.29 is 9.53 Å². The third-order valence-electron chi connectivity index (χ3n) is 5.06. The SMILES string of the molecule is CNC(N)=NC(=O)c1cc2cccc(Oc3cccc(CN4CCCC4)c3)c2[nH]1. The van der Waals surface area contributed by atoms with E-state index in [1.54, 1.807) is 13.1 Å². The van der Waals surface area contributed by atoms with E-state index in [0.717, 1.165) is 36.3 Å². The van der Waals surface area contributed by atoms with E-state index in [0.29, 0.717) is 11.4 Å². The Kier molecular flexibility index (Phi) is 5.48. The number of para-hydroxylation sites is 1. The van der Waals surface area contributed by atoms with E-state index in [4.69, 9.17) is 10.5 Å². The lowest BCUT2D eigenvalue weighted by atomic mass is 10.2. The predicted molar refractivity (Wildman–Crippen MR) is 114 cm³/mol. The van der Waals surface area contributed by atoms with Gasteiger partial charge in [-0.05, 0) is 55.8 Å². The molecule has 0 bridgehead atoms. The van der Waals surface area contributed by atoms with E-state index in [-0.39, 0.29) is 5.96 Å². The highest BCUT2D eigenvalue weighted by molar-refractivity contribution is 6.04. The maximum absolute atomic E-state index is 12.3. The highest BCUT2D eigenvalue weighted by atomic mass is 16.5. The summed E-state index contributed by atoms with van der Waals surface area (Å²) in [5.74, 6) is 1.06. The Morgan fingerprint density at radius 2 is 2.00 bits per heavy atom. The minimum Gasteiger partial charge on any atom is -0.455 e. The van der Waals surface area contributed by atoms with Gasteiger partial charge in [-0.15, -0.1) is 0 Å². The maximum Gasteiger partial charge on any atom is 0.296 e. The van der Waals surface area contributed by atoms with E-state index in [1.807, 2.05) is 30.3 Å². The number of aromatic nitrogens is 1. The topological polar surface area (TPSA) is 95.7 Å². The number of guanidine groups is 1. The second-order valence-electron chi connectivity index (χ2n) is 7.19. The van der Waals surface area contributed by atoms with Crippen molar-refractivity contribution in [3.63, 3.8) is 0 Å². The number of likely N-dealkylation sites (tertiary alicyclic amines) is 1. The molecule has 7 heteroatoms. The molecular formula is C22H25N5O2. The van der Waals surface area contributed by atoms with Gasteiger partial charge < -0.3 is 20.8 Å². The zero-order chi connectivity index (χ0) is 20.2. The van der Waals surface area contributed by atoms with Crippen molar-refractivity contribution in [3.05, 3.63) is 59.8 Å². The quantitative estimate of drug-likeness (QED) is 0.458. The number of aliphatic imine (C=N–C) groups is 1. The first-order chi connectivity index (χ1) is 14.1. The van der Waals surface area contributed by atoms with Crippen LogP contribution in [0, 0.1) is 0 Å². The van der Waals surface area contributed by atoms with Gasteiger partial charge in [-0.25, -0.2) is 0 Å². The summed E-state index contributed by atoms with van der Waals surface area (Å²) in [6.45, 7) is 3.25. The molecule has 150 valence electrons. The summed E-state index contributed by atoms with van der Waals surface area (Å²) in [5.41, 5.74) is 7.93. The van der Waals surface area contributed by atoms with Crippen molar-refractivity contribution >= 4 is 22.8 Å². The first-order valence-corrected chi connectivity index (χ1v) is 9.79. The minimum absolute atomic E-state index is 0.0694. The molecule has 1 aliphatic rings.